The van der Waals surface area contributed by atoms with Gasteiger partial charge in [-0.1, -0.05) is 35.5 Å². The molecular weight excluding hydrogens is 318 g/mol. The number of nitrogens with one attached hydrogen (secondary N) is 1. The van der Waals surface area contributed by atoms with Crippen LogP contribution in [0.25, 0.3) is 0 Å². The Bertz CT molecular complexity index is 659. The normalized spacial score (nSPS) is 20.2. The molecule has 0 spiro atoms. The number of amidine groups is 1. The Morgan fingerprint density at radius 3 is 2.74 bits per heavy atom. The summed E-state index contributed by atoms with van der Waals surface area (Å²) < 4.78 is 22.6. The minimum absolute atomic E-state index is 0.0127. The lowest BCUT2D eigenvalue weighted by molar-refractivity contribution is -0.126. The highest BCUT2D eigenvalue weighted by Gasteiger charge is 2.28. The smallest absolute Gasteiger partial charge is 0.261 e. The lowest BCUT2D eigenvalue weighted by atomic mass is 10.1. The van der Waals surface area contributed by atoms with Gasteiger partial charge in [0.25, 0.3) is 5.91 Å². The van der Waals surface area contributed by atoms with E-state index >= 15 is 0 Å². The number of carbonyl (C=O) groups is 1. The fourth-order valence-corrected chi connectivity index (χ4v) is 3.99. The predicted octanol–water partition coefficient (Wildman–Crippen LogP) is 0.211. The Kier molecular flexibility index (Phi) is 5.97. The summed E-state index contributed by atoms with van der Waals surface area (Å²) in [5.41, 5.74) is 6.87. The molecule has 1 heterocycles. The maximum absolute atomic E-state index is 11.6. The molecule has 0 saturated carbocycles. The van der Waals surface area contributed by atoms with Gasteiger partial charge in [0.1, 0.15) is 5.84 Å². The second-order valence-electron chi connectivity index (χ2n) is 5.51. The van der Waals surface area contributed by atoms with Crippen LogP contribution >= 0.6 is 0 Å². The van der Waals surface area contributed by atoms with Crippen molar-refractivity contribution >= 4 is 21.6 Å². The van der Waals surface area contributed by atoms with Crippen LogP contribution in [-0.2, 0) is 25.9 Å². The first-order chi connectivity index (χ1) is 10.9. The number of amides is 1. The summed E-state index contributed by atoms with van der Waals surface area (Å²) in [5, 5.41) is 6.31. The molecule has 23 heavy (non-hydrogen) atoms. The fourth-order valence-electron chi connectivity index (χ4n) is 2.31. The van der Waals surface area contributed by atoms with Gasteiger partial charge in [-0.25, -0.2) is 8.42 Å². The molecule has 2 rings (SSSR count). The molecule has 7 nitrogen and oxygen atoms in total. The zero-order chi connectivity index (χ0) is 16.7. The van der Waals surface area contributed by atoms with Crippen LogP contribution in [0.3, 0.4) is 0 Å². The molecule has 1 aromatic rings. The van der Waals surface area contributed by atoms with Gasteiger partial charge < -0.3 is 15.9 Å². The van der Waals surface area contributed by atoms with E-state index in [9.17, 15) is 13.2 Å². The van der Waals surface area contributed by atoms with Crippen LogP contribution in [0.4, 0.5) is 0 Å². The van der Waals surface area contributed by atoms with Crippen LogP contribution in [0, 0.1) is 0 Å². The van der Waals surface area contributed by atoms with E-state index in [0.717, 1.165) is 12.0 Å². The summed E-state index contributed by atoms with van der Waals surface area (Å²) in [6.07, 6.45) is 1.72. The van der Waals surface area contributed by atoms with E-state index in [4.69, 9.17) is 10.6 Å². The van der Waals surface area contributed by atoms with E-state index in [1.54, 1.807) is 0 Å². The maximum Gasteiger partial charge on any atom is 0.261 e. The Morgan fingerprint density at radius 2 is 2.09 bits per heavy atom. The van der Waals surface area contributed by atoms with Crippen molar-refractivity contribution in [1.82, 2.24) is 5.32 Å². The molecule has 1 aliphatic rings. The van der Waals surface area contributed by atoms with Crippen LogP contribution in [0.5, 0.6) is 0 Å². The first kappa shape index (κ1) is 17.3. The van der Waals surface area contributed by atoms with Crippen molar-refractivity contribution in [3.05, 3.63) is 35.9 Å². The average molecular weight is 339 g/mol. The Hall–Kier alpha value is -2.09. The van der Waals surface area contributed by atoms with Gasteiger partial charge in [0.05, 0.1) is 11.5 Å². The van der Waals surface area contributed by atoms with E-state index in [1.165, 1.54) is 0 Å². The van der Waals surface area contributed by atoms with E-state index in [1.807, 2.05) is 30.3 Å². The van der Waals surface area contributed by atoms with Crippen molar-refractivity contribution in [3.8, 4) is 0 Å². The number of nitrogens with two attached hydrogens (primary N) is 1. The summed E-state index contributed by atoms with van der Waals surface area (Å²) in [6, 6.07) is 9.50. The molecule has 1 unspecified atom stereocenters. The number of nitrogens with zero attached hydrogens (tertiary/aromatic N) is 1. The molecule has 0 aliphatic carbocycles. The van der Waals surface area contributed by atoms with Gasteiger partial charge in [-0.05, 0) is 18.4 Å². The Labute approximate surface area is 135 Å². The summed E-state index contributed by atoms with van der Waals surface area (Å²) in [7, 11) is -3.01. The third-order valence-corrected chi connectivity index (χ3v) is 5.26. The van der Waals surface area contributed by atoms with Crippen molar-refractivity contribution in [1.29, 1.82) is 0 Å². The van der Waals surface area contributed by atoms with E-state index in [0.29, 0.717) is 18.7 Å². The van der Waals surface area contributed by atoms with Crippen LogP contribution in [0.15, 0.2) is 35.5 Å². The number of oxime groups is 1. The first-order valence-electron chi connectivity index (χ1n) is 7.42. The molecular formula is C15H21N3O4S. The summed E-state index contributed by atoms with van der Waals surface area (Å²) >= 11 is 0. The molecule has 0 radical (unpaired) electrons. The van der Waals surface area contributed by atoms with Gasteiger partial charge in [0, 0.05) is 12.5 Å². The molecule has 1 atom stereocenters. The van der Waals surface area contributed by atoms with Gasteiger partial charge in [0.15, 0.2) is 16.4 Å². The van der Waals surface area contributed by atoms with Crippen LogP contribution in [-0.4, -0.2) is 44.3 Å². The number of carbonyl (C=O) groups excluding carboxylic acids is 1. The third kappa shape index (κ3) is 6.27. The van der Waals surface area contributed by atoms with E-state index in [2.05, 4.69) is 10.5 Å². The van der Waals surface area contributed by atoms with Crippen LogP contribution in [0.1, 0.15) is 18.4 Å². The van der Waals surface area contributed by atoms with Crippen molar-refractivity contribution in [2.75, 3.05) is 18.1 Å². The standard InChI is InChI=1S/C15H21N3O4S/c16-14(7-6-12-4-2-1-3-5-12)18-22-10-15(19)17-13-8-9-23(20,21)11-13/h1-5,13H,6-11H2,(H2,16,18)(H,17,19). The SMILES string of the molecule is N/C(CCc1ccccc1)=N\OCC(=O)NC1CCS(=O)(=O)C1. The van der Waals surface area contributed by atoms with Crippen molar-refractivity contribution in [3.63, 3.8) is 0 Å². The summed E-state index contributed by atoms with van der Waals surface area (Å²) in [4.78, 5) is 16.5. The highest BCUT2D eigenvalue weighted by Crippen LogP contribution is 2.10. The number of rotatable bonds is 7. The maximum atomic E-state index is 11.6. The number of aryl methyl sites for hydroxylation is 1. The molecule has 126 valence electrons. The molecule has 0 aromatic heterocycles. The summed E-state index contributed by atoms with van der Waals surface area (Å²) in [6.45, 7) is -0.275. The number of hydrogen-bond donors (Lipinski definition) is 2. The molecule has 1 saturated heterocycles. The van der Waals surface area contributed by atoms with E-state index in [-0.39, 0.29) is 24.2 Å². The number of sulfone groups is 1. The molecule has 3 N–H and O–H groups in total. The number of hydrogen-bond acceptors (Lipinski definition) is 5. The fraction of sp³-hybridized carbons (Fsp3) is 0.467. The molecule has 1 aromatic carbocycles. The second-order valence-corrected chi connectivity index (χ2v) is 7.74. The molecule has 1 aliphatic heterocycles. The minimum Gasteiger partial charge on any atom is -0.384 e. The average Bonchev–Trinajstić information content (AvgIpc) is 2.85. The summed E-state index contributed by atoms with van der Waals surface area (Å²) in [5.74, 6) is 0.0155. The Balaban J connectivity index is 1.66. The van der Waals surface area contributed by atoms with Gasteiger partial charge in [-0.2, -0.15) is 0 Å². The molecule has 0 bridgehead atoms. The van der Waals surface area contributed by atoms with Gasteiger partial charge in [-0.15, -0.1) is 0 Å². The highest BCUT2D eigenvalue weighted by molar-refractivity contribution is 7.91. The van der Waals surface area contributed by atoms with Crippen molar-refractivity contribution in [2.24, 2.45) is 10.9 Å². The predicted molar refractivity (Wildman–Crippen MR) is 87.5 cm³/mol. The van der Waals surface area contributed by atoms with Crippen LogP contribution < -0.4 is 11.1 Å². The van der Waals surface area contributed by atoms with Crippen LogP contribution in [0.2, 0.25) is 0 Å². The van der Waals surface area contributed by atoms with Crippen molar-refractivity contribution < 1.29 is 18.0 Å². The topological polar surface area (TPSA) is 111 Å². The van der Waals surface area contributed by atoms with Gasteiger partial charge in [0.2, 0.25) is 0 Å². The Morgan fingerprint density at radius 1 is 1.35 bits per heavy atom. The van der Waals surface area contributed by atoms with Gasteiger partial charge in [-0.3, -0.25) is 4.79 Å². The number of benzene rings is 1. The second kappa shape index (κ2) is 7.96. The minimum atomic E-state index is -3.01. The zero-order valence-corrected chi connectivity index (χ0v) is 13.6. The van der Waals surface area contributed by atoms with Gasteiger partial charge >= 0.3 is 0 Å². The molecule has 8 heteroatoms. The lowest BCUT2D eigenvalue weighted by Crippen LogP contribution is -2.37. The molecule has 1 amide bonds. The largest absolute Gasteiger partial charge is 0.384 e. The monoisotopic (exact) mass is 339 g/mol. The lowest BCUT2D eigenvalue weighted by Gasteiger charge is -2.09. The van der Waals surface area contributed by atoms with E-state index < -0.39 is 15.7 Å². The first-order valence-corrected chi connectivity index (χ1v) is 9.25. The quantitative estimate of drug-likeness (QED) is 0.419. The third-order valence-electron chi connectivity index (χ3n) is 3.49. The molecule has 1 fully saturated rings. The highest BCUT2D eigenvalue weighted by atomic mass is 32.2. The zero-order valence-electron chi connectivity index (χ0n) is 12.8. The van der Waals surface area contributed by atoms with Crippen molar-refractivity contribution in [2.45, 2.75) is 25.3 Å².